The van der Waals surface area contributed by atoms with Gasteiger partial charge in [-0.1, -0.05) is 23.8 Å². The second kappa shape index (κ2) is 5.26. The van der Waals surface area contributed by atoms with Crippen LogP contribution in [-0.4, -0.2) is 51.6 Å². The third-order valence-corrected chi connectivity index (χ3v) is 3.71. The standard InChI is InChI=1S/C15H20O5/c1-4-5-9-10(7-16)12(18)14-15(20-14,13(9)19)11(17)6-8(2)3/h4-6,11-12,14,16-18H,7H2,1-3H3/b5-4+/t11-,12+,14-,15+/m1/s1. The second-order valence-corrected chi connectivity index (χ2v) is 5.39. The molecule has 1 aliphatic carbocycles. The smallest absolute Gasteiger partial charge is 0.200 e. The number of allylic oxidation sites excluding steroid dienone is 3. The summed E-state index contributed by atoms with van der Waals surface area (Å²) in [5.41, 5.74) is -0.0921. The molecule has 1 heterocycles. The number of ether oxygens (including phenoxy) is 1. The minimum Gasteiger partial charge on any atom is -0.392 e. The number of ketones is 1. The van der Waals surface area contributed by atoms with E-state index in [1.807, 2.05) is 13.8 Å². The van der Waals surface area contributed by atoms with Crippen LogP contribution in [-0.2, 0) is 9.53 Å². The number of aliphatic hydroxyl groups is 3. The zero-order valence-corrected chi connectivity index (χ0v) is 11.8. The van der Waals surface area contributed by atoms with Crippen molar-refractivity contribution in [2.45, 2.75) is 44.7 Å². The van der Waals surface area contributed by atoms with Crippen LogP contribution >= 0.6 is 0 Å². The lowest BCUT2D eigenvalue weighted by Crippen LogP contribution is -2.47. The van der Waals surface area contributed by atoms with Gasteiger partial charge in [0, 0.05) is 5.57 Å². The predicted octanol–water partition coefficient (Wildman–Crippen LogP) is 0.260. The minimum atomic E-state index is -1.41. The van der Waals surface area contributed by atoms with Gasteiger partial charge in [-0.2, -0.15) is 0 Å². The van der Waals surface area contributed by atoms with Gasteiger partial charge in [-0.15, -0.1) is 0 Å². The number of carbonyl (C=O) groups is 1. The molecule has 2 rings (SSSR count). The topological polar surface area (TPSA) is 90.3 Å². The third kappa shape index (κ3) is 2.07. The number of hydrogen-bond donors (Lipinski definition) is 3. The lowest BCUT2D eigenvalue weighted by Gasteiger charge is -2.26. The SMILES string of the molecule is C/C=C/C1=C(CO)[C@H](O)[C@H]2O[C@@]2([C@H](O)C=C(C)C)C1=O. The van der Waals surface area contributed by atoms with Crippen molar-refractivity contribution in [3.05, 3.63) is 34.9 Å². The maximum atomic E-state index is 12.6. The Kier molecular flexibility index (Phi) is 3.97. The maximum Gasteiger partial charge on any atom is 0.200 e. The summed E-state index contributed by atoms with van der Waals surface area (Å²) in [6, 6.07) is 0. The molecular weight excluding hydrogens is 260 g/mol. The molecule has 2 aliphatic rings. The molecule has 110 valence electrons. The van der Waals surface area contributed by atoms with Crippen molar-refractivity contribution < 1.29 is 24.9 Å². The lowest BCUT2D eigenvalue weighted by atomic mass is 9.77. The fourth-order valence-electron chi connectivity index (χ4n) is 2.70. The van der Waals surface area contributed by atoms with E-state index in [4.69, 9.17) is 4.74 Å². The first-order valence-electron chi connectivity index (χ1n) is 6.60. The molecule has 3 N–H and O–H groups in total. The summed E-state index contributed by atoms with van der Waals surface area (Å²) in [6.07, 6.45) is 1.74. The van der Waals surface area contributed by atoms with Gasteiger partial charge in [0.15, 0.2) is 5.60 Å². The van der Waals surface area contributed by atoms with Gasteiger partial charge in [0.25, 0.3) is 0 Å². The third-order valence-electron chi connectivity index (χ3n) is 3.71. The number of epoxide rings is 1. The number of carbonyl (C=O) groups excluding carboxylic acids is 1. The molecular formula is C15H20O5. The normalized spacial score (nSPS) is 34.2. The van der Waals surface area contributed by atoms with E-state index in [0.29, 0.717) is 0 Å². The maximum absolute atomic E-state index is 12.6. The molecule has 0 unspecified atom stereocenters. The van der Waals surface area contributed by atoms with Crippen molar-refractivity contribution in [1.82, 2.24) is 0 Å². The van der Waals surface area contributed by atoms with Crippen LogP contribution in [0.4, 0.5) is 0 Å². The van der Waals surface area contributed by atoms with Crippen molar-refractivity contribution >= 4 is 5.78 Å². The van der Waals surface area contributed by atoms with Gasteiger partial charge >= 0.3 is 0 Å². The first-order valence-corrected chi connectivity index (χ1v) is 6.60. The second-order valence-electron chi connectivity index (χ2n) is 5.39. The summed E-state index contributed by atoms with van der Waals surface area (Å²) in [7, 11) is 0. The van der Waals surface area contributed by atoms with Gasteiger partial charge in [-0.05, 0) is 26.3 Å². The van der Waals surface area contributed by atoms with E-state index in [-0.39, 0.29) is 16.9 Å². The first-order chi connectivity index (χ1) is 9.40. The van der Waals surface area contributed by atoms with E-state index in [2.05, 4.69) is 0 Å². The van der Waals surface area contributed by atoms with Gasteiger partial charge in [0.05, 0.1) is 6.61 Å². The van der Waals surface area contributed by atoms with Crippen molar-refractivity contribution in [2.75, 3.05) is 6.61 Å². The van der Waals surface area contributed by atoms with Crippen LogP contribution in [0.25, 0.3) is 0 Å². The molecule has 1 fully saturated rings. The molecule has 0 aromatic carbocycles. The van der Waals surface area contributed by atoms with Crippen LogP contribution in [0.15, 0.2) is 34.9 Å². The molecule has 0 radical (unpaired) electrons. The Morgan fingerprint density at radius 2 is 2.15 bits per heavy atom. The molecule has 0 aromatic heterocycles. The molecule has 5 heteroatoms. The quantitative estimate of drug-likeness (QED) is 0.507. The van der Waals surface area contributed by atoms with E-state index in [1.165, 1.54) is 6.08 Å². The Balaban J connectivity index is 2.46. The highest BCUT2D eigenvalue weighted by Gasteiger charge is 2.71. The Morgan fingerprint density at radius 1 is 1.50 bits per heavy atom. The van der Waals surface area contributed by atoms with Crippen LogP contribution in [0.1, 0.15) is 20.8 Å². The molecule has 5 nitrogen and oxygen atoms in total. The molecule has 0 amide bonds. The van der Waals surface area contributed by atoms with Gasteiger partial charge < -0.3 is 20.1 Å². The van der Waals surface area contributed by atoms with Crippen LogP contribution in [0, 0.1) is 0 Å². The van der Waals surface area contributed by atoms with Crippen LogP contribution in [0.3, 0.4) is 0 Å². The van der Waals surface area contributed by atoms with Gasteiger partial charge in [0.1, 0.15) is 18.3 Å². The number of hydrogen-bond acceptors (Lipinski definition) is 5. The van der Waals surface area contributed by atoms with E-state index in [9.17, 15) is 20.1 Å². The predicted molar refractivity (Wildman–Crippen MR) is 73.0 cm³/mol. The summed E-state index contributed by atoms with van der Waals surface area (Å²) >= 11 is 0. The number of rotatable bonds is 4. The number of Topliss-reactive ketones (excluding diaryl/α,β-unsaturated/α-hetero) is 1. The molecule has 1 aliphatic heterocycles. The monoisotopic (exact) mass is 280 g/mol. The summed E-state index contributed by atoms with van der Waals surface area (Å²) in [4.78, 5) is 12.6. The Hall–Kier alpha value is -1.27. The highest BCUT2D eigenvalue weighted by Crippen LogP contribution is 2.50. The molecule has 0 saturated carbocycles. The average Bonchev–Trinajstić information content (AvgIpc) is 3.13. The van der Waals surface area contributed by atoms with Crippen molar-refractivity contribution in [3.8, 4) is 0 Å². The minimum absolute atomic E-state index is 0.220. The molecule has 4 atom stereocenters. The largest absolute Gasteiger partial charge is 0.392 e. The summed E-state index contributed by atoms with van der Waals surface area (Å²) in [6.45, 7) is 4.94. The fraction of sp³-hybridized carbons (Fsp3) is 0.533. The number of fused-ring (bicyclic) bond motifs is 1. The molecule has 0 spiro atoms. The molecule has 0 aromatic rings. The average molecular weight is 280 g/mol. The molecule has 1 saturated heterocycles. The van der Waals surface area contributed by atoms with Crippen LogP contribution in [0.2, 0.25) is 0 Å². The zero-order chi connectivity index (χ0) is 15.1. The summed E-state index contributed by atoms with van der Waals surface area (Å²) < 4.78 is 5.38. The van der Waals surface area contributed by atoms with E-state index in [1.54, 1.807) is 19.1 Å². The van der Waals surface area contributed by atoms with Crippen molar-refractivity contribution in [2.24, 2.45) is 0 Å². The highest BCUT2D eigenvalue weighted by molar-refractivity contribution is 6.09. The highest BCUT2D eigenvalue weighted by atomic mass is 16.6. The first kappa shape index (κ1) is 15.1. The van der Waals surface area contributed by atoms with E-state index >= 15 is 0 Å². The Bertz CT molecular complexity index is 512. The van der Waals surface area contributed by atoms with Crippen molar-refractivity contribution in [3.63, 3.8) is 0 Å². The van der Waals surface area contributed by atoms with Crippen LogP contribution < -0.4 is 0 Å². The van der Waals surface area contributed by atoms with Crippen LogP contribution in [0.5, 0.6) is 0 Å². The molecule has 20 heavy (non-hydrogen) atoms. The Morgan fingerprint density at radius 3 is 2.65 bits per heavy atom. The van der Waals surface area contributed by atoms with Gasteiger partial charge in [0.2, 0.25) is 5.78 Å². The van der Waals surface area contributed by atoms with E-state index < -0.39 is 30.5 Å². The summed E-state index contributed by atoms with van der Waals surface area (Å²) in [5, 5.41) is 29.8. The summed E-state index contributed by atoms with van der Waals surface area (Å²) in [5.74, 6) is -0.389. The zero-order valence-electron chi connectivity index (χ0n) is 11.8. The van der Waals surface area contributed by atoms with Gasteiger partial charge in [-0.25, -0.2) is 0 Å². The number of aliphatic hydroxyl groups excluding tert-OH is 3. The van der Waals surface area contributed by atoms with Gasteiger partial charge in [-0.3, -0.25) is 4.79 Å². The Labute approximate surface area is 117 Å². The van der Waals surface area contributed by atoms with Crippen molar-refractivity contribution in [1.29, 1.82) is 0 Å². The molecule has 0 bridgehead atoms. The lowest BCUT2D eigenvalue weighted by molar-refractivity contribution is -0.123. The fourth-order valence-corrected chi connectivity index (χ4v) is 2.70. The van der Waals surface area contributed by atoms with E-state index in [0.717, 1.165) is 5.57 Å².